The number of amides is 1. The van der Waals surface area contributed by atoms with Crippen LogP contribution >= 0.6 is 0 Å². The fraction of sp³-hybridized carbons (Fsp3) is 0.150. The van der Waals surface area contributed by atoms with Gasteiger partial charge in [0.05, 0.1) is 0 Å². The van der Waals surface area contributed by atoms with Crippen LogP contribution in [-0.2, 0) is 17.8 Å². The van der Waals surface area contributed by atoms with E-state index in [0.717, 1.165) is 11.1 Å². The Hall–Kier alpha value is -2.81. The molecule has 3 nitrogen and oxygen atoms in total. The van der Waals surface area contributed by atoms with E-state index in [2.05, 4.69) is 17.4 Å². The molecule has 0 radical (unpaired) electrons. The Bertz CT molecular complexity index is 721. The highest BCUT2D eigenvalue weighted by molar-refractivity contribution is 5.80. The summed E-state index contributed by atoms with van der Waals surface area (Å²) in [7, 11) is 0. The number of benzene rings is 2. The van der Waals surface area contributed by atoms with Crippen LogP contribution < -0.4 is 5.32 Å². The fourth-order valence-corrected chi connectivity index (χ4v) is 2.63. The molecule has 0 saturated carbocycles. The maximum Gasteiger partial charge on any atom is 0.243 e. The Balaban J connectivity index is 1.71. The molecule has 0 fully saturated rings. The van der Waals surface area contributed by atoms with Crippen molar-refractivity contribution in [2.75, 3.05) is 0 Å². The van der Waals surface area contributed by atoms with Crippen molar-refractivity contribution in [1.29, 1.82) is 0 Å². The minimum absolute atomic E-state index is 0.0360. The number of hydrogen-bond donors (Lipinski definition) is 1. The van der Waals surface area contributed by atoms with Crippen molar-refractivity contribution >= 4 is 5.91 Å². The van der Waals surface area contributed by atoms with Gasteiger partial charge in [0, 0.05) is 25.4 Å². The number of hydrogen-bond acceptors (Lipinski definition) is 1. The average molecular weight is 304 g/mol. The summed E-state index contributed by atoms with van der Waals surface area (Å²) >= 11 is 0. The number of rotatable bonds is 6. The first-order valence-corrected chi connectivity index (χ1v) is 7.81. The Labute approximate surface area is 136 Å². The van der Waals surface area contributed by atoms with E-state index >= 15 is 0 Å². The number of nitrogens with one attached hydrogen (secondary N) is 1. The molecule has 0 aliphatic carbocycles. The molecule has 0 aliphatic rings. The molecular formula is C20H20N2O. The predicted octanol–water partition coefficient (Wildman–Crippen LogP) is 3.59. The first-order valence-electron chi connectivity index (χ1n) is 7.81. The summed E-state index contributed by atoms with van der Waals surface area (Å²) in [6.45, 7) is 0.548. The van der Waals surface area contributed by atoms with Gasteiger partial charge in [0.1, 0.15) is 6.04 Å². The summed E-state index contributed by atoms with van der Waals surface area (Å²) in [4.78, 5) is 12.7. The summed E-state index contributed by atoms with van der Waals surface area (Å²) in [5, 5.41) is 3.05. The monoisotopic (exact) mass is 304 g/mol. The molecule has 3 heteroatoms. The highest BCUT2D eigenvalue weighted by Crippen LogP contribution is 2.15. The number of aromatic nitrogens is 1. The second-order valence-corrected chi connectivity index (χ2v) is 5.54. The minimum atomic E-state index is -0.240. The van der Waals surface area contributed by atoms with Crippen molar-refractivity contribution in [3.63, 3.8) is 0 Å². The summed E-state index contributed by atoms with van der Waals surface area (Å²) in [5.74, 6) is 0.0360. The molecule has 1 amide bonds. The van der Waals surface area contributed by atoms with Gasteiger partial charge in [-0.1, -0.05) is 60.7 Å². The third kappa shape index (κ3) is 4.10. The maximum absolute atomic E-state index is 12.7. The quantitative estimate of drug-likeness (QED) is 0.742. The second-order valence-electron chi connectivity index (χ2n) is 5.54. The normalized spacial score (nSPS) is 11.8. The lowest BCUT2D eigenvalue weighted by Gasteiger charge is -2.19. The molecule has 0 spiro atoms. The molecule has 3 rings (SSSR count). The molecule has 0 unspecified atom stereocenters. The first kappa shape index (κ1) is 15.1. The lowest BCUT2D eigenvalue weighted by Crippen LogP contribution is -2.33. The smallest absolute Gasteiger partial charge is 0.243 e. The van der Waals surface area contributed by atoms with Crippen LogP contribution in [0.2, 0.25) is 0 Å². The third-order valence-electron chi connectivity index (χ3n) is 3.87. The van der Waals surface area contributed by atoms with E-state index in [1.807, 2.05) is 77.6 Å². The van der Waals surface area contributed by atoms with Crippen molar-refractivity contribution in [1.82, 2.24) is 9.88 Å². The molecule has 0 aliphatic heterocycles. The minimum Gasteiger partial charge on any atom is -0.350 e. The van der Waals surface area contributed by atoms with Crippen LogP contribution in [0.25, 0.3) is 0 Å². The molecule has 1 N–H and O–H groups in total. The standard InChI is InChI=1S/C20H20N2O/c23-20(21-16-18-11-5-2-6-12-18)19(22-13-7-8-14-22)15-17-9-3-1-4-10-17/h1-14,19H,15-16H2,(H,21,23)/t19-/m1/s1. The maximum atomic E-state index is 12.7. The van der Waals surface area contributed by atoms with Crippen molar-refractivity contribution in [3.05, 3.63) is 96.3 Å². The van der Waals surface area contributed by atoms with Crippen LogP contribution in [0.5, 0.6) is 0 Å². The predicted molar refractivity (Wildman–Crippen MR) is 91.9 cm³/mol. The summed E-state index contributed by atoms with van der Waals surface area (Å²) in [6, 6.07) is 23.7. The molecule has 0 bridgehead atoms. The topological polar surface area (TPSA) is 34.0 Å². The van der Waals surface area contributed by atoms with E-state index in [4.69, 9.17) is 0 Å². The molecule has 0 saturated heterocycles. The van der Waals surface area contributed by atoms with Crippen molar-refractivity contribution < 1.29 is 4.79 Å². The van der Waals surface area contributed by atoms with E-state index in [1.165, 1.54) is 0 Å². The lowest BCUT2D eigenvalue weighted by atomic mass is 10.0. The molecule has 1 atom stereocenters. The van der Waals surface area contributed by atoms with Gasteiger partial charge in [0.25, 0.3) is 0 Å². The van der Waals surface area contributed by atoms with Crippen molar-refractivity contribution in [2.45, 2.75) is 19.0 Å². The highest BCUT2D eigenvalue weighted by Gasteiger charge is 2.19. The summed E-state index contributed by atoms with van der Waals surface area (Å²) in [5.41, 5.74) is 2.26. The van der Waals surface area contributed by atoms with Crippen LogP contribution in [0.3, 0.4) is 0 Å². The molecule has 23 heavy (non-hydrogen) atoms. The Kier molecular flexibility index (Phi) is 4.89. The van der Waals surface area contributed by atoms with Crippen LogP contribution in [0, 0.1) is 0 Å². The Morgan fingerprint density at radius 1 is 0.826 bits per heavy atom. The van der Waals surface area contributed by atoms with Crippen LogP contribution in [0.1, 0.15) is 17.2 Å². The number of carbonyl (C=O) groups is 1. The zero-order chi connectivity index (χ0) is 15.9. The SMILES string of the molecule is O=C(NCc1ccccc1)[C@@H](Cc1ccccc1)n1cccc1. The van der Waals surface area contributed by atoms with Gasteiger partial charge in [0.2, 0.25) is 5.91 Å². The first-order chi connectivity index (χ1) is 11.3. The van der Waals surface area contributed by atoms with E-state index in [-0.39, 0.29) is 11.9 Å². The molecule has 116 valence electrons. The van der Waals surface area contributed by atoms with E-state index in [0.29, 0.717) is 13.0 Å². The van der Waals surface area contributed by atoms with Crippen LogP contribution in [0.4, 0.5) is 0 Å². The largest absolute Gasteiger partial charge is 0.350 e. The highest BCUT2D eigenvalue weighted by atomic mass is 16.2. The van der Waals surface area contributed by atoms with Crippen molar-refractivity contribution in [3.8, 4) is 0 Å². The van der Waals surface area contributed by atoms with E-state index in [9.17, 15) is 4.79 Å². The molecular weight excluding hydrogens is 284 g/mol. The lowest BCUT2D eigenvalue weighted by molar-refractivity contribution is -0.124. The number of carbonyl (C=O) groups excluding carboxylic acids is 1. The van der Waals surface area contributed by atoms with Crippen molar-refractivity contribution in [2.24, 2.45) is 0 Å². The zero-order valence-electron chi connectivity index (χ0n) is 12.9. The average Bonchev–Trinajstić information content (AvgIpc) is 3.14. The molecule has 2 aromatic carbocycles. The van der Waals surface area contributed by atoms with Crippen LogP contribution in [0.15, 0.2) is 85.2 Å². The third-order valence-corrected chi connectivity index (χ3v) is 3.87. The van der Waals surface area contributed by atoms with Gasteiger partial charge in [-0.15, -0.1) is 0 Å². The van der Waals surface area contributed by atoms with E-state index < -0.39 is 0 Å². The number of nitrogens with zero attached hydrogens (tertiary/aromatic N) is 1. The Morgan fingerprint density at radius 3 is 2.00 bits per heavy atom. The molecule has 1 aromatic heterocycles. The molecule has 3 aromatic rings. The van der Waals surface area contributed by atoms with Gasteiger partial charge in [-0.2, -0.15) is 0 Å². The summed E-state index contributed by atoms with van der Waals surface area (Å²) in [6.07, 6.45) is 4.56. The van der Waals surface area contributed by atoms with Gasteiger partial charge in [0.15, 0.2) is 0 Å². The van der Waals surface area contributed by atoms with Crippen LogP contribution in [-0.4, -0.2) is 10.5 Å². The molecule has 1 heterocycles. The van der Waals surface area contributed by atoms with Gasteiger partial charge in [-0.05, 0) is 23.3 Å². The van der Waals surface area contributed by atoms with Gasteiger partial charge >= 0.3 is 0 Å². The Morgan fingerprint density at radius 2 is 1.39 bits per heavy atom. The summed E-state index contributed by atoms with van der Waals surface area (Å²) < 4.78 is 1.97. The van der Waals surface area contributed by atoms with Gasteiger partial charge in [-0.3, -0.25) is 4.79 Å². The van der Waals surface area contributed by atoms with Gasteiger partial charge in [-0.25, -0.2) is 0 Å². The van der Waals surface area contributed by atoms with Gasteiger partial charge < -0.3 is 9.88 Å². The second kappa shape index (κ2) is 7.45. The van der Waals surface area contributed by atoms with E-state index in [1.54, 1.807) is 0 Å². The fourth-order valence-electron chi connectivity index (χ4n) is 2.63. The zero-order valence-corrected chi connectivity index (χ0v) is 12.9.